The van der Waals surface area contributed by atoms with Crippen LogP contribution < -0.4 is 5.32 Å². The predicted molar refractivity (Wildman–Crippen MR) is 89.7 cm³/mol. The average Bonchev–Trinajstić information content (AvgIpc) is 3.19. The van der Waals surface area contributed by atoms with Gasteiger partial charge in [-0.25, -0.2) is 0 Å². The Kier molecular flexibility index (Phi) is 4.11. The van der Waals surface area contributed by atoms with Gasteiger partial charge in [0.1, 0.15) is 0 Å². The Labute approximate surface area is 129 Å². The van der Waals surface area contributed by atoms with Gasteiger partial charge in [0.15, 0.2) is 0 Å². The van der Waals surface area contributed by atoms with Crippen LogP contribution in [-0.4, -0.2) is 30.1 Å². The fraction of sp³-hybridized carbons (Fsp3) is 0.684. The highest BCUT2D eigenvalue weighted by molar-refractivity contribution is 5.29. The van der Waals surface area contributed by atoms with Gasteiger partial charge in [0.05, 0.1) is 0 Å². The van der Waals surface area contributed by atoms with E-state index >= 15 is 0 Å². The Hall–Kier alpha value is -0.860. The lowest BCUT2D eigenvalue weighted by Crippen LogP contribution is -2.35. The molecule has 1 heterocycles. The zero-order valence-corrected chi connectivity index (χ0v) is 14.0. The van der Waals surface area contributed by atoms with Crippen molar-refractivity contribution in [3.8, 4) is 0 Å². The maximum absolute atomic E-state index is 3.82. The van der Waals surface area contributed by atoms with E-state index in [1.165, 1.54) is 43.5 Å². The fourth-order valence-corrected chi connectivity index (χ4v) is 3.42. The normalized spacial score (nSPS) is 25.2. The van der Waals surface area contributed by atoms with Gasteiger partial charge in [-0.05, 0) is 42.7 Å². The second-order valence-electron chi connectivity index (χ2n) is 7.97. The first kappa shape index (κ1) is 15.1. The van der Waals surface area contributed by atoms with Gasteiger partial charge in [-0.15, -0.1) is 0 Å². The molecular weight excluding hydrogens is 256 g/mol. The van der Waals surface area contributed by atoms with Crippen LogP contribution >= 0.6 is 0 Å². The Morgan fingerprint density at radius 3 is 2.33 bits per heavy atom. The van der Waals surface area contributed by atoms with Gasteiger partial charge in [-0.1, -0.05) is 45.0 Å². The van der Waals surface area contributed by atoms with E-state index in [9.17, 15) is 0 Å². The summed E-state index contributed by atoms with van der Waals surface area (Å²) in [6.07, 6.45) is 4.16. The van der Waals surface area contributed by atoms with E-state index < -0.39 is 0 Å². The third-order valence-corrected chi connectivity index (χ3v) is 5.05. The molecule has 21 heavy (non-hydrogen) atoms. The summed E-state index contributed by atoms with van der Waals surface area (Å²) in [7, 11) is 0. The van der Waals surface area contributed by atoms with Crippen LogP contribution in [0.15, 0.2) is 24.3 Å². The second-order valence-corrected chi connectivity index (χ2v) is 7.97. The van der Waals surface area contributed by atoms with Gasteiger partial charge < -0.3 is 5.32 Å². The molecule has 1 aliphatic carbocycles. The van der Waals surface area contributed by atoms with Gasteiger partial charge in [0.2, 0.25) is 0 Å². The minimum absolute atomic E-state index is 0.241. The Balaban J connectivity index is 1.56. The number of hydrogen-bond donors (Lipinski definition) is 1. The van der Waals surface area contributed by atoms with E-state index in [4.69, 9.17) is 0 Å². The largest absolute Gasteiger partial charge is 0.306 e. The van der Waals surface area contributed by atoms with Crippen molar-refractivity contribution in [2.24, 2.45) is 0 Å². The lowest BCUT2D eigenvalue weighted by Gasteiger charge is -2.23. The molecule has 0 aromatic heterocycles. The maximum Gasteiger partial charge on any atom is 0.0294 e. The second kappa shape index (κ2) is 5.73. The molecule has 0 bridgehead atoms. The molecule has 1 saturated heterocycles. The highest BCUT2D eigenvalue weighted by Gasteiger charge is 2.34. The topological polar surface area (TPSA) is 15.3 Å². The molecule has 3 rings (SSSR count). The van der Waals surface area contributed by atoms with Crippen LogP contribution in [0.3, 0.4) is 0 Å². The van der Waals surface area contributed by atoms with Crippen LogP contribution in [0, 0.1) is 0 Å². The Morgan fingerprint density at radius 1 is 1.10 bits per heavy atom. The molecule has 2 atom stereocenters. The van der Waals surface area contributed by atoms with Gasteiger partial charge in [-0.2, -0.15) is 0 Å². The van der Waals surface area contributed by atoms with Crippen molar-refractivity contribution in [1.82, 2.24) is 10.2 Å². The van der Waals surface area contributed by atoms with E-state index in [0.29, 0.717) is 12.1 Å². The van der Waals surface area contributed by atoms with Crippen molar-refractivity contribution in [2.45, 2.75) is 70.5 Å². The lowest BCUT2D eigenvalue weighted by atomic mass is 9.86. The van der Waals surface area contributed by atoms with E-state index in [0.717, 1.165) is 6.04 Å². The fourth-order valence-electron chi connectivity index (χ4n) is 3.42. The number of nitrogens with zero attached hydrogens (tertiary/aromatic N) is 1. The lowest BCUT2D eigenvalue weighted by molar-refractivity contribution is 0.313. The molecule has 0 spiro atoms. The van der Waals surface area contributed by atoms with Crippen LogP contribution in [0.25, 0.3) is 0 Å². The van der Waals surface area contributed by atoms with E-state index in [1.807, 2.05) is 0 Å². The van der Waals surface area contributed by atoms with Crippen LogP contribution in [0.4, 0.5) is 0 Å². The third kappa shape index (κ3) is 3.67. The van der Waals surface area contributed by atoms with Crippen molar-refractivity contribution >= 4 is 0 Å². The van der Waals surface area contributed by atoms with Gasteiger partial charge in [0, 0.05) is 31.2 Å². The minimum atomic E-state index is 0.241. The summed E-state index contributed by atoms with van der Waals surface area (Å²) in [5.41, 5.74) is 3.07. The third-order valence-electron chi connectivity index (χ3n) is 5.05. The molecule has 2 heteroatoms. The summed E-state index contributed by atoms with van der Waals surface area (Å²) in [4.78, 5) is 2.67. The Morgan fingerprint density at radius 2 is 1.76 bits per heavy atom. The molecule has 1 aromatic rings. The van der Waals surface area contributed by atoms with Crippen LogP contribution in [-0.2, 0) is 5.41 Å². The van der Waals surface area contributed by atoms with Crippen LogP contribution in [0.5, 0.6) is 0 Å². The smallest absolute Gasteiger partial charge is 0.0294 e. The van der Waals surface area contributed by atoms with Crippen molar-refractivity contribution in [1.29, 1.82) is 0 Å². The SMILES string of the molecule is CC(NC1CCN(C2CC2)C1)c1ccc(C(C)(C)C)cc1. The molecule has 1 aliphatic heterocycles. The van der Waals surface area contributed by atoms with Crippen molar-refractivity contribution in [3.05, 3.63) is 35.4 Å². The molecular formula is C19H30N2. The molecule has 0 radical (unpaired) electrons. The standard InChI is InChI=1S/C19H30N2/c1-14(15-5-7-16(8-6-15)19(2,3)4)20-17-11-12-21(13-17)18-9-10-18/h5-8,14,17-18,20H,9-13H2,1-4H3. The van der Waals surface area contributed by atoms with Crippen molar-refractivity contribution in [3.63, 3.8) is 0 Å². The first-order valence-corrected chi connectivity index (χ1v) is 8.54. The zero-order valence-electron chi connectivity index (χ0n) is 14.0. The number of benzene rings is 1. The highest BCUT2D eigenvalue weighted by atomic mass is 15.2. The molecule has 2 unspecified atom stereocenters. The molecule has 1 N–H and O–H groups in total. The molecule has 116 valence electrons. The summed E-state index contributed by atoms with van der Waals surface area (Å²) in [6.45, 7) is 11.6. The number of nitrogens with one attached hydrogen (secondary N) is 1. The van der Waals surface area contributed by atoms with Crippen molar-refractivity contribution in [2.75, 3.05) is 13.1 Å². The Bertz CT molecular complexity index is 467. The first-order chi connectivity index (χ1) is 9.93. The molecule has 1 aromatic carbocycles. The monoisotopic (exact) mass is 286 g/mol. The zero-order chi connectivity index (χ0) is 15.0. The molecule has 2 fully saturated rings. The summed E-state index contributed by atoms with van der Waals surface area (Å²) >= 11 is 0. The molecule has 1 saturated carbocycles. The summed E-state index contributed by atoms with van der Waals surface area (Å²) in [5.74, 6) is 0. The molecule has 0 amide bonds. The quantitative estimate of drug-likeness (QED) is 0.904. The van der Waals surface area contributed by atoms with E-state index in [2.05, 4.69) is 62.2 Å². The number of hydrogen-bond acceptors (Lipinski definition) is 2. The first-order valence-electron chi connectivity index (χ1n) is 8.54. The summed E-state index contributed by atoms with van der Waals surface area (Å²) in [5, 5.41) is 3.82. The maximum atomic E-state index is 3.82. The van der Waals surface area contributed by atoms with E-state index in [-0.39, 0.29) is 5.41 Å². The van der Waals surface area contributed by atoms with Gasteiger partial charge >= 0.3 is 0 Å². The minimum Gasteiger partial charge on any atom is -0.306 e. The number of likely N-dealkylation sites (tertiary alicyclic amines) is 1. The van der Waals surface area contributed by atoms with Crippen LogP contribution in [0.1, 0.15) is 64.1 Å². The summed E-state index contributed by atoms with van der Waals surface area (Å²) in [6, 6.07) is 11.2. The van der Waals surface area contributed by atoms with Crippen LogP contribution in [0.2, 0.25) is 0 Å². The van der Waals surface area contributed by atoms with Gasteiger partial charge in [-0.3, -0.25) is 4.90 Å². The predicted octanol–water partition coefficient (Wildman–Crippen LogP) is 3.87. The number of rotatable bonds is 4. The van der Waals surface area contributed by atoms with Crippen molar-refractivity contribution < 1.29 is 0 Å². The van der Waals surface area contributed by atoms with Gasteiger partial charge in [0.25, 0.3) is 0 Å². The molecule has 2 aliphatic rings. The summed E-state index contributed by atoms with van der Waals surface area (Å²) < 4.78 is 0. The average molecular weight is 286 g/mol. The highest BCUT2D eigenvalue weighted by Crippen LogP contribution is 2.30. The molecule has 2 nitrogen and oxygen atoms in total. The van der Waals surface area contributed by atoms with E-state index in [1.54, 1.807) is 0 Å².